The van der Waals surface area contributed by atoms with Gasteiger partial charge < -0.3 is 10.1 Å². The number of nitrogens with one attached hydrogen (secondary N) is 1. The van der Waals surface area contributed by atoms with Gasteiger partial charge in [0.15, 0.2) is 0 Å². The summed E-state index contributed by atoms with van der Waals surface area (Å²) in [5.74, 6) is 1.35. The summed E-state index contributed by atoms with van der Waals surface area (Å²) in [6.07, 6.45) is 0. The average molecular weight is 350 g/mol. The number of pyridine rings is 1. The molecule has 0 saturated carbocycles. The topological polar surface area (TPSA) is 95.6 Å². The minimum Gasteiger partial charge on any atom is -0.458 e. The van der Waals surface area contributed by atoms with E-state index in [1.165, 1.54) is 0 Å². The number of aryl methyl sites for hydroxylation is 1. The van der Waals surface area contributed by atoms with E-state index in [2.05, 4.69) is 30.8 Å². The number of imidazole rings is 1. The quantitative estimate of drug-likeness (QED) is 0.568. The number of aromatic nitrogens is 7. The minimum atomic E-state index is 0.286. The first-order chi connectivity index (χ1) is 12.8. The van der Waals surface area contributed by atoms with Crippen LogP contribution in [0.25, 0.3) is 17.0 Å². The largest absolute Gasteiger partial charge is 0.458 e. The lowest BCUT2D eigenvalue weighted by Gasteiger charge is -2.09. The number of hydrogen-bond donors (Lipinski definition) is 1. The van der Waals surface area contributed by atoms with E-state index in [0.717, 1.165) is 29.1 Å². The molecule has 1 N–H and O–H groups in total. The molecule has 0 saturated heterocycles. The lowest BCUT2D eigenvalue weighted by Crippen LogP contribution is -2.09. The highest BCUT2D eigenvalue weighted by molar-refractivity contribution is 5.78. The monoisotopic (exact) mass is 350 g/mol. The molecule has 3 heterocycles. The molecular formula is C17H18N8O. The van der Waals surface area contributed by atoms with Gasteiger partial charge in [0.05, 0.1) is 16.7 Å². The summed E-state index contributed by atoms with van der Waals surface area (Å²) in [5.41, 5.74) is 2.48. The van der Waals surface area contributed by atoms with E-state index in [0.29, 0.717) is 12.0 Å². The van der Waals surface area contributed by atoms with E-state index in [-0.39, 0.29) is 6.61 Å². The van der Waals surface area contributed by atoms with Crippen molar-refractivity contribution in [2.75, 3.05) is 11.9 Å². The molecule has 0 atom stereocenters. The number of tetrazole rings is 1. The van der Waals surface area contributed by atoms with E-state index >= 15 is 0 Å². The summed E-state index contributed by atoms with van der Waals surface area (Å²) in [4.78, 5) is 9.09. The highest BCUT2D eigenvalue weighted by Gasteiger charge is 2.18. The van der Waals surface area contributed by atoms with Gasteiger partial charge in [0.25, 0.3) is 5.95 Å². The van der Waals surface area contributed by atoms with Crippen LogP contribution in [0.5, 0.6) is 6.01 Å². The van der Waals surface area contributed by atoms with Crippen molar-refractivity contribution in [3.8, 4) is 12.0 Å². The summed E-state index contributed by atoms with van der Waals surface area (Å²) in [6, 6.07) is 13.9. The van der Waals surface area contributed by atoms with Gasteiger partial charge in [0, 0.05) is 13.6 Å². The predicted molar refractivity (Wildman–Crippen MR) is 96.2 cm³/mol. The molecule has 0 bridgehead atoms. The highest BCUT2D eigenvalue weighted by Crippen LogP contribution is 2.25. The second-order valence-corrected chi connectivity index (χ2v) is 5.65. The van der Waals surface area contributed by atoms with Crippen molar-refractivity contribution in [2.24, 2.45) is 7.05 Å². The Morgan fingerprint density at radius 1 is 1.08 bits per heavy atom. The molecule has 3 aromatic heterocycles. The van der Waals surface area contributed by atoms with Crippen LogP contribution in [0.1, 0.15) is 12.6 Å². The highest BCUT2D eigenvalue weighted by atomic mass is 16.5. The van der Waals surface area contributed by atoms with Crippen molar-refractivity contribution in [1.82, 2.24) is 34.7 Å². The van der Waals surface area contributed by atoms with Gasteiger partial charge in [-0.1, -0.05) is 23.3 Å². The Morgan fingerprint density at radius 3 is 2.77 bits per heavy atom. The third kappa shape index (κ3) is 2.94. The van der Waals surface area contributed by atoms with Crippen molar-refractivity contribution < 1.29 is 4.74 Å². The molecule has 4 rings (SSSR count). The predicted octanol–water partition coefficient (Wildman–Crippen LogP) is 1.95. The Bertz CT molecular complexity index is 1040. The van der Waals surface area contributed by atoms with Gasteiger partial charge in [0.1, 0.15) is 12.4 Å². The number of ether oxygens (including phenoxy) is 1. The number of hydrogen-bond acceptors (Lipinski definition) is 7. The lowest BCUT2D eigenvalue weighted by atomic mass is 10.3. The lowest BCUT2D eigenvalue weighted by molar-refractivity contribution is 0.272. The van der Waals surface area contributed by atoms with Gasteiger partial charge in [-0.3, -0.25) is 0 Å². The normalized spacial score (nSPS) is 11.0. The Balaban J connectivity index is 1.68. The van der Waals surface area contributed by atoms with E-state index in [1.807, 2.05) is 49.4 Å². The van der Waals surface area contributed by atoms with Gasteiger partial charge in [-0.05, 0) is 41.6 Å². The smallest absolute Gasteiger partial charge is 0.305 e. The van der Waals surface area contributed by atoms with E-state index in [1.54, 1.807) is 16.3 Å². The molecule has 26 heavy (non-hydrogen) atoms. The van der Waals surface area contributed by atoms with Crippen LogP contribution >= 0.6 is 0 Å². The van der Waals surface area contributed by atoms with Crippen molar-refractivity contribution >= 4 is 16.9 Å². The summed E-state index contributed by atoms with van der Waals surface area (Å²) < 4.78 is 9.34. The average Bonchev–Trinajstić information content (AvgIpc) is 3.23. The van der Waals surface area contributed by atoms with Gasteiger partial charge in [-0.25, -0.2) is 14.2 Å². The van der Waals surface area contributed by atoms with E-state index < -0.39 is 0 Å². The second-order valence-electron chi connectivity index (χ2n) is 5.65. The molecule has 0 amide bonds. The molecule has 0 aliphatic rings. The van der Waals surface area contributed by atoms with Crippen LogP contribution in [0.15, 0.2) is 42.5 Å². The van der Waals surface area contributed by atoms with Crippen molar-refractivity contribution in [3.05, 3.63) is 48.2 Å². The van der Waals surface area contributed by atoms with Gasteiger partial charge >= 0.3 is 6.01 Å². The maximum Gasteiger partial charge on any atom is 0.305 e. The standard InChI is InChI=1S/C17H18N8O/c1-3-18-15-10-6-7-12(19-15)11-26-17-20-13-8-4-5-9-14(13)25(17)16-21-22-23-24(16)2/h4-10H,3,11H2,1-2H3,(H,18,19). The van der Waals surface area contributed by atoms with Crippen LogP contribution in [0, 0.1) is 0 Å². The number of anilines is 1. The van der Waals surface area contributed by atoms with Gasteiger partial charge in [0.2, 0.25) is 0 Å². The zero-order valence-corrected chi connectivity index (χ0v) is 14.5. The van der Waals surface area contributed by atoms with Crippen molar-refractivity contribution in [1.29, 1.82) is 0 Å². The van der Waals surface area contributed by atoms with Crippen LogP contribution in [0.2, 0.25) is 0 Å². The van der Waals surface area contributed by atoms with E-state index in [9.17, 15) is 0 Å². The van der Waals surface area contributed by atoms with Gasteiger partial charge in [-0.15, -0.1) is 0 Å². The van der Waals surface area contributed by atoms with Crippen LogP contribution in [-0.4, -0.2) is 41.3 Å². The molecule has 0 radical (unpaired) electrons. The number of para-hydroxylation sites is 2. The zero-order valence-electron chi connectivity index (χ0n) is 14.5. The van der Waals surface area contributed by atoms with Crippen molar-refractivity contribution in [3.63, 3.8) is 0 Å². The maximum absolute atomic E-state index is 5.97. The molecule has 9 nitrogen and oxygen atoms in total. The fourth-order valence-corrected chi connectivity index (χ4v) is 2.69. The Labute approximate surface area is 149 Å². The third-order valence-corrected chi connectivity index (χ3v) is 3.84. The number of rotatable bonds is 6. The summed E-state index contributed by atoms with van der Waals surface area (Å²) in [7, 11) is 1.77. The maximum atomic E-state index is 5.97. The molecule has 0 aliphatic heterocycles. The molecule has 1 aromatic carbocycles. The van der Waals surface area contributed by atoms with Crippen LogP contribution in [-0.2, 0) is 13.7 Å². The van der Waals surface area contributed by atoms with Crippen LogP contribution in [0.4, 0.5) is 5.82 Å². The number of nitrogens with zero attached hydrogens (tertiary/aromatic N) is 7. The summed E-state index contributed by atoms with van der Waals surface area (Å²) in [6.45, 7) is 3.13. The Kier molecular flexibility index (Phi) is 4.18. The first-order valence-electron chi connectivity index (χ1n) is 8.29. The fraction of sp³-hybridized carbons (Fsp3) is 0.235. The van der Waals surface area contributed by atoms with Crippen LogP contribution < -0.4 is 10.1 Å². The first-order valence-corrected chi connectivity index (χ1v) is 8.29. The van der Waals surface area contributed by atoms with E-state index in [4.69, 9.17) is 4.74 Å². The van der Waals surface area contributed by atoms with Gasteiger partial charge in [-0.2, -0.15) is 4.98 Å². The number of benzene rings is 1. The molecule has 0 aliphatic carbocycles. The Morgan fingerprint density at radius 2 is 1.96 bits per heavy atom. The molecule has 0 fully saturated rings. The molecular weight excluding hydrogens is 332 g/mol. The summed E-state index contributed by atoms with van der Waals surface area (Å²) in [5, 5.41) is 14.9. The molecule has 9 heteroatoms. The molecule has 4 aromatic rings. The molecule has 0 spiro atoms. The fourth-order valence-electron chi connectivity index (χ4n) is 2.69. The SMILES string of the molecule is CCNc1cccc(COc2nc3ccccc3n2-c2nnnn2C)n1. The van der Waals surface area contributed by atoms with Crippen molar-refractivity contribution in [2.45, 2.75) is 13.5 Å². The second kappa shape index (κ2) is 6.79. The molecule has 0 unspecified atom stereocenters. The first kappa shape index (κ1) is 16.0. The zero-order chi connectivity index (χ0) is 17.9. The minimum absolute atomic E-state index is 0.286. The number of fused-ring (bicyclic) bond motifs is 1. The van der Waals surface area contributed by atoms with Crippen LogP contribution in [0.3, 0.4) is 0 Å². The molecule has 132 valence electrons. The summed E-state index contributed by atoms with van der Waals surface area (Å²) >= 11 is 0. The Hall–Kier alpha value is -3.49. The third-order valence-electron chi connectivity index (χ3n) is 3.84.